The molecule has 0 aromatic heterocycles. The Morgan fingerprint density at radius 3 is 2.75 bits per heavy atom. The molecule has 0 unspecified atom stereocenters. The average Bonchev–Trinajstić information content (AvgIpc) is 2.24. The van der Waals surface area contributed by atoms with E-state index in [1.54, 1.807) is 0 Å². The van der Waals surface area contributed by atoms with Crippen molar-refractivity contribution < 1.29 is 4.79 Å². The zero-order valence-corrected chi connectivity index (χ0v) is 10.8. The maximum atomic E-state index is 11.6. The predicted molar refractivity (Wildman–Crippen MR) is 68.3 cm³/mol. The van der Waals surface area contributed by atoms with Gasteiger partial charge >= 0.3 is 0 Å². The molecule has 2 nitrogen and oxygen atoms in total. The van der Waals surface area contributed by atoms with Gasteiger partial charge in [0.15, 0.2) is 0 Å². The summed E-state index contributed by atoms with van der Waals surface area (Å²) in [4.78, 5) is 11.6. The van der Waals surface area contributed by atoms with Crippen LogP contribution in [-0.4, -0.2) is 5.91 Å². The van der Waals surface area contributed by atoms with Gasteiger partial charge in [0, 0.05) is 17.8 Å². The SMILES string of the molecule is O=C(NCc1cccc(CBr)c1)C1CCC1. The Kier molecular flexibility index (Phi) is 3.99. The fourth-order valence-electron chi connectivity index (χ4n) is 1.83. The normalized spacial score (nSPS) is 15.6. The molecule has 1 aliphatic rings. The molecule has 2 rings (SSSR count). The number of hydrogen-bond donors (Lipinski definition) is 1. The lowest BCUT2D eigenvalue weighted by Crippen LogP contribution is -2.33. The van der Waals surface area contributed by atoms with Crippen molar-refractivity contribution in [3.63, 3.8) is 0 Å². The molecule has 1 aliphatic carbocycles. The van der Waals surface area contributed by atoms with Gasteiger partial charge in [-0.05, 0) is 24.0 Å². The average molecular weight is 282 g/mol. The molecule has 0 aliphatic heterocycles. The summed E-state index contributed by atoms with van der Waals surface area (Å²) in [6.07, 6.45) is 3.33. The minimum Gasteiger partial charge on any atom is -0.352 e. The van der Waals surface area contributed by atoms with Crippen LogP contribution in [0.5, 0.6) is 0 Å². The number of halogens is 1. The molecular weight excluding hydrogens is 266 g/mol. The summed E-state index contributed by atoms with van der Waals surface area (Å²) in [5, 5.41) is 3.86. The lowest BCUT2D eigenvalue weighted by Gasteiger charge is -2.24. The molecular formula is C13H16BrNO. The van der Waals surface area contributed by atoms with Crippen LogP contribution in [-0.2, 0) is 16.7 Å². The molecule has 86 valence electrons. The fraction of sp³-hybridized carbons (Fsp3) is 0.462. The van der Waals surface area contributed by atoms with Gasteiger partial charge in [-0.3, -0.25) is 4.79 Å². The number of carbonyl (C=O) groups excluding carboxylic acids is 1. The van der Waals surface area contributed by atoms with Crippen molar-refractivity contribution >= 4 is 21.8 Å². The minimum atomic E-state index is 0.218. The van der Waals surface area contributed by atoms with Crippen LogP contribution in [0.3, 0.4) is 0 Å². The van der Waals surface area contributed by atoms with Crippen LogP contribution < -0.4 is 5.32 Å². The van der Waals surface area contributed by atoms with E-state index in [1.807, 2.05) is 12.1 Å². The first-order chi connectivity index (χ1) is 7.79. The van der Waals surface area contributed by atoms with Crippen LogP contribution in [0, 0.1) is 5.92 Å². The zero-order valence-electron chi connectivity index (χ0n) is 9.21. The Morgan fingerprint density at radius 1 is 1.38 bits per heavy atom. The molecule has 0 spiro atoms. The topological polar surface area (TPSA) is 29.1 Å². The van der Waals surface area contributed by atoms with E-state index in [9.17, 15) is 4.79 Å². The Hall–Kier alpha value is -0.830. The van der Waals surface area contributed by atoms with Gasteiger partial charge < -0.3 is 5.32 Å². The molecule has 16 heavy (non-hydrogen) atoms. The minimum absolute atomic E-state index is 0.218. The molecule has 0 atom stereocenters. The summed E-state index contributed by atoms with van der Waals surface area (Å²) in [6.45, 7) is 0.649. The first-order valence-electron chi connectivity index (χ1n) is 5.71. The largest absolute Gasteiger partial charge is 0.352 e. The Bertz CT molecular complexity index is 374. The van der Waals surface area contributed by atoms with Gasteiger partial charge in [-0.25, -0.2) is 0 Å². The summed E-state index contributed by atoms with van der Waals surface area (Å²) in [7, 11) is 0. The Balaban J connectivity index is 1.86. The summed E-state index contributed by atoms with van der Waals surface area (Å²) < 4.78 is 0. The van der Waals surface area contributed by atoms with Crippen molar-refractivity contribution in [2.24, 2.45) is 5.92 Å². The van der Waals surface area contributed by atoms with Crippen molar-refractivity contribution in [2.45, 2.75) is 31.1 Å². The van der Waals surface area contributed by atoms with Crippen LogP contribution in [0.4, 0.5) is 0 Å². The molecule has 0 saturated heterocycles. The van der Waals surface area contributed by atoms with E-state index < -0.39 is 0 Å². The number of nitrogens with one attached hydrogen (secondary N) is 1. The fourth-order valence-corrected chi connectivity index (χ4v) is 2.18. The van der Waals surface area contributed by atoms with E-state index in [1.165, 1.54) is 17.5 Å². The van der Waals surface area contributed by atoms with Crippen molar-refractivity contribution in [3.05, 3.63) is 35.4 Å². The third kappa shape index (κ3) is 2.85. The molecule has 1 aromatic rings. The summed E-state index contributed by atoms with van der Waals surface area (Å²) >= 11 is 3.43. The quantitative estimate of drug-likeness (QED) is 0.845. The van der Waals surface area contributed by atoms with E-state index in [0.717, 1.165) is 18.2 Å². The number of alkyl halides is 1. The van der Waals surface area contributed by atoms with Gasteiger partial charge in [0.05, 0.1) is 0 Å². The first-order valence-corrected chi connectivity index (χ1v) is 6.83. The van der Waals surface area contributed by atoms with E-state index in [0.29, 0.717) is 6.54 Å². The van der Waals surface area contributed by atoms with Crippen LogP contribution in [0.1, 0.15) is 30.4 Å². The highest BCUT2D eigenvalue weighted by molar-refractivity contribution is 9.08. The molecule has 3 heteroatoms. The second-order valence-electron chi connectivity index (χ2n) is 4.30. The highest BCUT2D eigenvalue weighted by Gasteiger charge is 2.24. The highest BCUT2D eigenvalue weighted by atomic mass is 79.9. The smallest absolute Gasteiger partial charge is 0.223 e. The number of carbonyl (C=O) groups is 1. The van der Waals surface area contributed by atoms with Crippen molar-refractivity contribution in [1.82, 2.24) is 5.32 Å². The van der Waals surface area contributed by atoms with E-state index in [-0.39, 0.29) is 11.8 Å². The van der Waals surface area contributed by atoms with Gasteiger partial charge in [0.25, 0.3) is 0 Å². The molecule has 0 radical (unpaired) electrons. The standard InChI is InChI=1S/C13H16BrNO/c14-8-10-3-1-4-11(7-10)9-15-13(16)12-5-2-6-12/h1,3-4,7,12H,2,5-6,8-9H2,(H,15,16). The molecule has 1 N–H and O–H groups in total. The first kappa shape index (κ1) is 11.6. The molecule has 1 fully saturated rings. The number of benzene rings is 1. The highest BCUT2D eigenvalue weighted by Crippen LogP contribution is 2.26. The molecule has 1 saturated carbocycles. The summed E-state index contributed by atoms with van der Waals surface area (Å²) in [5.41, 5.74) is 2.42. The Labute approximate surface area is 105 Å². The second-order valence-corrected chi connectivity index (χ2v) is 4.86. The van der Waals surface area contributed by atoms with E-state index in [2.05, 4.69) is 33.4 Å². The van der Waals surface area contributed by atoms with Crippen molar-refractivity contribution in [1.29, 1.82) is 0 Å². The van der Waals surface area contributed by atoms with Gasteiger partial charge in [0.1, 0.15) is 0 Å². The third-order valence-electron chi connectivity index (χ3n) is 3.09. The van der Waals surface area contributed by atoms with E-state index in [4.69, 9.17) is 0 Å². The van der Waals surface area contributed by atoms with Gasteiger partial charge in [0.2, 0.25) is 5.91 Å². The van der Waals surface area contributed by atoms with Crippen LogP contribution >= 0.6 is 15.9 Å². The third-order valence-corrected chi connectivity index (χ3v) is 3.74. The van der Waals surface area contributed by atoms with Crippen molar-refractivity contribution in [2.75, 3.05) is 0 Å². The van der Waals surface area contributed by atoms with Gasteiger partial charge in [-0.2, -0.15) is 0 Å². The maximum absolute atomic E-state index is 11.6. The summed E-state index contributed by atoms with van der Waals surface area (Å²) in [6, 6.07) is 8.27. The molecule has 0 heterocycles. The van der Waals surface area contributed by atoms with Crippen LogP contribution in [0.15, 0.2) is 24.3 Å². The molecule has 1 aromatic carbocycles. The second kappa shape index (κ2) is 5.48. The Morgan fingerprint density at radius 2 is 2.12 bits per heavy atom. The molecule has 0 bridgehead atoms. The number of hydrogen-bond acceptors (Lipinski definition) is 1. The van der Waals surface area contributed by atoms with Crippen molar-refractivity contribution in [3.8, 4) is 0 Å². The number of rotatable bonds is 4. The zero-order chi connectivity index (χ0) is 11.4. The van der Waals surface area contributed by atoms with Crippen LogP contribution in [0.2, 0.25) is 0 Å². The van der Waals surface area contributed by atoms with Gasteiger partial charge in [-0.15, -0.1) is 0 Å². The lowest BCUT2D eigenvalue weighted by molar-refractivity contribution is -0.127. The molecule has 1 amide bonds. The van der Waals surface area contributed by atoms with Crippen LogP contribution in [0.25, 0.3) is 0 Å². The summed E-state index contributed by atoms with van der Waals surface area (Å²) in [5.74, 6) is 0.495. The lowest BCUT2D eigenvalue weighted by atomic mass is 9.85. The predicted octanol–water partition coefficient (Wildman–Crippen LogP) is 3.00. The monoisotopic (exact) mass is 281 g/mol. The maximum Gasteiger partial charge on any atom is 0.223 e. The van der Waals surface area contributed by atoms with Gasteiger partial charge in [-0.1, -0.05) is 46.6 Å². The number of amides is 1. The van der Waals surface area contributed by atoms with E-state index >= 15 is 0 Å².